The highest BCUT2D eigenvalue weighted by Crippen LogP contribution is 2.25. The predicted molar refractivity (Wildman–Crippen MR) is 199 cm³/mol. The summed E-state index contributed by atoms with van der Waals surface area (Å²) in [6.45, 7) is 22.2. The molecule has 0 bridgehead atoms. The molecular formula is C40H64N4O5. The number of piperidine rings is 2. The molecule has 2 aromatic rings. The third-order valence-corrected chi connectivity index (χ3v) is 8.70. The Hall–Kier alpha value is -3.43. The number of benzene rings is 2. The smallest absolute Gasteiger partial charge is 0.410 e. The highest BCUT2D eigenvalue weighted by atomic mass is 16.6. The van der Waals surface area contributed by atoms with Crippen molar-refractivity contribution in [2.24, 2.45) is 0 Å². The Kier molecular flexibility index (Phi) is 16.3. The van der Waals surface area contributed by atoms with Gasteiger partial charge in [-0.25, -0.2) is 9.59 Å². The van der Waals surface area contributed by atoms with Gasteiger partial charge in [0.1, 0.15) is 17.5 Å². The summed E-state index contributed by atoms with van der Waals surface area (Å²) in [5.41, 5.74) is 3.68. The van der Waals surface area contributed by atoms with Crippen molar-refractivity contribution in [2.45, 2.75) is 137 Å². The normalized spacial score (nSPS) is 21.1. The van der Waals surface area contributed by atoms with Crippen molar-refractivity contribution < 1.29 is 23.9 Å². The van der Waals surface area contributed by atoms with Crippen LogP contribution in [0.2, 0.25) is 0 Å². The molecule has 2 saturated heterocycles. The molecule has 2 aliphatic heterocycles. The van der Waals surface area contributed by atoms with E-state index in [0.29, 0.717) is 12.1 Å². The van der Waals surface area contributed by atoms with Crippen LogP contribution in [0.15, 0.2) is 48.5 Å². The van der Waals surface area contributed by atoms with Crippen LogP contribution in [0.1, 0.15) is 108 Å². The largest absolute Gasteiger partial charge is 0.444 e. The van der Waals surface area contributed by atoms with E-state index < -0.39 is 11.2 Å². The number of nitrogens with zero attached hydrogens (tertiary/aromatic N) is 3. The van der Waals surface area contributed by atoms with Gasteiger partial charge in [-0.1, -0.05) is 53.6 Å². The molecule has 2 aromatic carbocycles. The summed E-state index contributed by atoms with van der Waals surface area (Å²) in [7, 11) is 4.16. The van der Waals surface area contributed by atoms with Crippen LogP contribution in [0.3, 0.4) is 0 Å². The van der Waals surface area contributed by atoms with E-state index in [1.165, 1.54) is 11.1 Å². The molecule has 9 nitrogen and oxygen atoms in total. The lowest BCUT2D eigenvalue weighted by atomic mass is 9.97. The van der Waals surface area contributed by atoms with Gasteiger partial charge in [0, 0.05) is 49.4 Å². The molecule has 49 heavy (non-hydrogen) atoms. The van der Waals surface area contributed by atoms with Crippen molar-refractivity contribution in [3.05, 3.63) is 70.8 Å². The third kappa shape index (κ3) is 15.3. The van der Waals surface area contributed by atoms with Gasteiger partial charge >= 0.3 is 12.2 Å². The van der Waals surface area contributed by atoms with E-state index in [-0.39, 0.29) is 24.3 Å². The number of ether oxygens (including phenoxy) is 2. The molecule has 9 heteroatoms. The first-order valence-electron chi connectivity index (χ1n) is 17.8. The molecule has 2 aliphatic rings. The van der Waals surface area contributed by atoms with Crippen LogP contribution in [-0.2, 0) is 16.0 Å². The number of nitrogens with one attached hydrogen (secondary N) is 1. The Bertz CT molecular complexity index is 1330. The van der Waals surface area contributed by atoms with Crippen LogP contribution < -0.4 is 5.32 Å². The number of rotatable bonds is 5. The zero-order chi connectivity index (χ0) is 36.9. The molecule has 4 atom stereocenters. The van der Waals surface area contributed by atoms with Crippen molar-refractivity contribution >= 4 is 18.5 Å². The van der Waals surface area contributed by atoms with Crippen molar-refractivity contribution in [3.63, 3.8) is 0 Å². The molecule has 0 aromatic heterocycles. The van der Waals surface area contributed by atoms with Gasteiger partial charge in [-0.3, -0.25) is 9.69 Å². The lowest BCUT2D eigenvalue weighted by molar-refractivity contribution is 0.00262. The minimum Gasteiger partial charge on any atom is -0.444 e. The Balaban J connectivity index is 0.000000285. The summed E-state index contributed by atoms with van der Waals surface area (Å²) in [4.78, 5) is 40.5. The van der Waals surface area contributed by atoms with E-state index in [9.17, 15) is 14.4 Å². The van der Waals surface area contributed by atoms with Crippen molar-refractivity contribution in [1.29, 1.82) is 0 Å². The molecule has 4 rings (SSSR count). The second kappa shape index (κ2) is 19.1. The molecule has 274 valence electrons. The van der Waals surface area contributed by atoms with Gasteiger partial charge in [0.2, 0.25) is 0 Å². The van der Waals surface area contributed by atoms with Gasteiger partial charge in [0.25, 0.3) is 0 Å². The molecule has 0 radical (unpaired) electrons. The fraction of sp³-hybridized carbons (Fsp3) is 0.625. The number of likely N-dealkylation sites (tertiary alicyclic amines) is 2. The van der Waals surface area contributed by atoms with E-state index in [2.05, 4.69) is 62.3 Å². The number of hydrogen-bond acceptors (Lipinski definition) is 7. The number of aryl methyl sites for hydroxylation is 2. The average Bonchev–Trinajstić information content (AvgIpc) is 2.99. The SMILES string of the molecule is CN[C@H]1CCN(C(=O)OC(C)(C)C)[C@@H](C)C1.Cc1cccc(C=O)c1.Cc1cccc(CN(C)[C@H]2CCN(C(=O)OC(C)(C)C)[C@@H](C)C2)c1. The lowest BCUT2D eigenvalue weighted by Crippen LogP contribution is -2.51. The summed E-state index contributed by atoms with van der Waals surface area (Å²) >= 11 is 0. The first-order chi connectivity index (χ1) is 22.8. The summed E-state index contributed by atoms with van der Waals surface area (Å²) in [5.74, 6) is 0. The molecular weight excluding hydrogens is 616 g/mol. The van der Waals surface area contributed by atoms with E-state index in [0.717, 1.165) is 62.7 Å². The fourth-order valence-corrected chi connectivity index (χ4v) is 6.14. The van der Waals surface area contributed by atoms with E-state index in [1.54, 1.807) is 6.07 Å². The van der Waals surface area contributed by atoms with Crippen molar-refractivity contribution in [1.82, 2.24) is 20.0 Å². The summed E-state index contributed by atoms with van der Waals surface area (Å²) in [5, 5.41) is 3.26. The van der Waals surface area contributed by atoms with Gasteiger partial charge in [-0.15, -0.1) is 0 Å². The van der Waals surface area contributed by atoms with Crippen LogP contribution in [0.4, 0.5) is 9.59 Å². The van der Waals surface area contributed by atoms with Crippen LogP contribution in [0.5, 0.6) is 0 Å². The van der Waals surface area contributed by atoms with Crippen LogP contribution in [0.25, 0.3) is 0 Å². The molecule has 0 spiro atoms. The number of aldehydes is 1. The van der Waals surface area contributed by atoms with Crippen LogP contribution >= 0.6 is 0 Å². The molecule has 0 aliphatic carbocycles. The van der Waals surface area contributed by atoms with Gasteiger partial charge in [-0.05, 0) is 121 Å². The minimum absolute atomic E-state index is 0.185. The second-order valence-corrected chi connectivity index (χ2v) is 15.7. The van der Waals surface area contributed by atoms with Gasteiger partial charge < -0.3 is 24.6 Å². The first kappa shape index (κ1) is 41.7. The molecule has 0 unspecified atom stereocenters. The predicted octanol–water partition coefficient (Wildman–Crippen LogP) is 8.02. The van der Waals surface area contributed by atoms with Gasteiger partial charge in [0.15, 0.2) is 0 Å². The highest BCUT2D eigenvalue weighted by Gasteiger charge is 2.33. The number of amides is 2. The fourth-order valence-electron chi connectivity index (χ4n) is 6.14. The van der Waals surface area contributed by atoms with E-state index >= 15 is 0 Å². The molecule has 1 N–H and O–H groups in total. The Labute approximate surface area is 296 Å². The maximum atomic E-state index is 12.3. The lowest BCUT2D eigenvalue weighted by Gasteiger charge is -2.41. The van der Waals surface area contributed by atoms with Gasteiger partial charge in [0.05, 0.1) is 0 Å². The molecule has 0 saturated carbocycles. The quantitative estimate of drug-likeness (QED) is 0.320. The van der Waals surface area contributed by atoms with Crippen LogP contribution in [0, 0.1) is 13.8 Å². The maximum absolute atomic E-state index is 12.3. The standard InChI is InChI=1S/C20H32N2O2.C12H24N2O2.C8H8O/c1-15-8-7-9-17(12-15)14-21(6)18-10-11-22(16(2)13-18)19(23)24-20(3,4)5;1-9-8-10(13-5)6-7-14(9)11(15)16-12(2,3)4;1-7-3-2-4-8(5-7)6-9/h7-9,12,16,18H,10-11,13-14H2,1-6H3;9-10,13H,6-8H2,1-5H3;2-6H,1H3/t16-,18-;9-,10-;/m00./s1. The zero-order valence-corrected chi connectivity index (χ0v) is 32.3. The highest BCUT2D eigenvalue weighted by molar-refractivity contribution is 5.74. The number of carbonyl (C=O) groups excluding carboxylic acids is 3. The van der Waals surface area contributed by atoms with Crippen molar-refractivity contribution in [2.75, 3.05) is 27.2 Å². The Morgan fingerprint density at radius 3 is 1.78 bits per heavy atom. The van der Waals surface area contributed by atoms with E-state index in [1.807, 2.05) is 83.5 Å². The first-order valence-corrected chi connectivity index (χ1v) is 17.8. The number of hydrogen-bond donors (Lipinski definition) is 1. The van der Waals surface area contributed by atoms with E-state index in [4.69, 9.17) is 9.47 Å². The zero-order valence-electron chi connectivity index (χ0n) is 32.3. The second-order valence-electron chi connectivity index (χ2n) is 15.7. The summed E-state index contributed by atoms with van der Waals surface area (Å²) in [6.07, 6.45) is 4.46. The Morgan fingerprint density at radius 2 is 1.35 bits per heavy atom. The molecule has 2 heterocycles. The topological polar surface area (TPSA) is 91.4 Å². The van der Waals surface area contributed by atoms with Gasteiger partial charge in [-0.2, -0.15) is 0 Å². The molecule has 2 amide bonds. The molecule has 2 fully saturated rings. The minimum atomic E-state index is -0.435. The Morgan fingerprint density at radius 1 is 0.837 bits per heavy atom. The summed E-state index contributed by atoms with van der Waals surface area (Å²) in [6, 6.07) is 17.6. The third-order valence-electron chi connectivity index (χ3n) is 8.70. The maximum Gasteiger partial charge on any atom is 0.410 e. The monoisotopic (exact) mass is 680 g/mol. The number of carbonyl (C=O) groups is 3. The average molecular weight is 681 g/mol. The van der Waals surface area contributed by atoms with Crippen molar-refractivity contribution in [3.8, 4) is 0 Å². The van der Waals surface area contributed by atoms with Crippen LogP contribution in [-0.4, -0.2) is 95.7 Å². The summed E-state index contributed by atoms with van der Waals surface area (Å²) < 4.78 is 10.9.